The predicted octanol–water partition coefficient (Wildman–Crippen LogP) is 7.25. The van der Waals surface area contributed by atoms with E-state index in [2.05, 4.69) is 60.5 Å². The van der Waals surface area contributed by atoms with Crippen molar-refractivity contribution in [1.29, 1.82) is 0 Å². The lowest BCUT2D eigenvalue weighted by molar-refractivity contribution is -0.120. The van der Waals surface area contributed by atoms with Crippen LogP contribution < -0.4 is 14.8 Å². The van der Waals surface area contributed by atoms with E-state index in [9.17, 15) is 14.4 Å². The minimum Gasteiger partial charge on any atom is -0.493 e. The number of methoxy groups -OCH3 is 1. The normalized spacial score (nSPS) is 19.7. The Hall–Kier alpha value is -3.14. The van der Waals surface area contributed by atoms with E-state index >= 15 is 0 Å². The molecule has 1 heterocycles. The number of carbonyl (C=O) groups excluding carboxylic acids is 3. The second kappa shape index (κ2) is 11.4. The van der Waals surface area contributed by atoms with E-state index < -0.39 is 5.92 Å². The van der Waals surface area contributed by atoms with Crippen molar-refractivity contribution in [2.75, 3.05) is 26.1 Å². The molecule has 2 aliphatic carbocycles. The molecule has 2 aromatic carbocycles. The molecule has 1 aliphatic heterocycles. The molecular formula is C35H41IN2O5. The van der Waals surface area contributed by atoms with Crippen LogP contribution in [0, 0.1) is 28.2 Å². The minimum atomic E-state index is -0.475. The number of ketones is 2. The van der Waals surface area contributed by atoms with Gasteiger partial charge in [0, 0.05) is 54.0 Å². The molecule has 0 radical (unpaired) electrons. The third-order valence-corrected chi connectivity index (χ3v) is 9.79. The molecule has 0 bridgehead atoms. The van der Waals surface area contributed by atoms with Gasteiger partial charge < -0.3 is 19.7 Å². The van der Waals surface area contributed by atoms with Crippen molar-refractivity contribution in [1.82, 2.24) is 4.90 Å². The standard InChI is InChI=1S/C35H41IN2O5/c1-19-10-9-11-23(20(19)2)37-29(41)18-43-33-22(36)12-21(13-28(33)42-8)30-31-24(14-34(3,4)16-26(31)39)38(7)25-15-35(5,6)17-27(40)32(25)30/h9-13,30H,14-18H2,1-8H3,(H,37,41). The van der Waals surface area contributed by atoms with Gasteiger partial charge in [-0.15, -0.1) is 0 Å². The van der Waals surface area contributed by atoms with Crippen LogP contribution in [0.15, 0.2) is 52.9 Å². The average molecular weight is 697 g/mol. The number of rotatable bonds is 6. The molecule has 0 saturated heterocycles. The first-order valence-electron chi connectivity index (χ1n) is 14.7. The van der Waals surface area contributed by atoms with Gasteiger partial charge in [0.2, 0.25) is 0 Å². The number of anilines is 1. The van der Waals surface area contributed by atoms with Gasteiger partial charge in [-0.05, 0) is 95.0 Å². The zero-order chi connectivity index (χ0) is 31.4. The van der Waals surface area contributed by atoms with Gasteiger partial charge in [-0.2, -0.15) is 0 Å². The van der Waals surface area contributed by atoms with Crippen molar-refractivity contribution in [3.8, 4) is 11.5 Å². The number of carbonyl (C=O) groups is 3. The molecular weight excluding hydrogens is 655 g/mol. The summed E-state index contributed by atoms with van der Waals surface area (Å²) in [7, 11) is 3.57. The maximum absolute atomic E-state index is 13.8. The Morgan fingerprint density at radius 3 is 2.12 bits per heavy atom. The fourth-order valence-corrected chi connectivity index (χ4v) is 7.54. The zero-order valence-corrected chi connectivity index (χ0v) is 28.5. The first-order chi connectivity index (χ1) is 20.1. The van der Waals surface area contributed by atoms with Crippen LogP contribution in [0.5, 0.6) is 11.5 Å². The molecule has 0 spiro atoms. The van der Waals surface area contributed by atoms with E-state index in [1.165, 1.54) is 0 Å². The molecule has 1 amide bonds. The van der Waals surface area contributed by atoms with Crippen molar-refractivity contribution in [3.63, 3.8) is 0 Å². The SMILES string of the molecule is COc1cc(C2C3=C(CC(C)(C)CC3=O)N(C)C3=C2C(=O)CC(C)(C)C3)cc(I)c1OCC(=O)Nc1cccc(C)c1C. The third kappa shape index (κ3) is 5.99. The highest BCUT2D eigenvalue weighted by Crippen LogP contribution is 2.54. The fraction of sp³-hybridized carbons (Fsp3) is 0.457. The van der Waals surface area contributed by atoms with Crippen molar-refractivity contribution in [2.24, 2.45) is 10.8 Å². The number of nitrogens with zero attached hydrogens (tertiary/aromatic N) is 1. The molecule has 8 heteroatoms. The summed E-state index contributed by atoms with van der Waals surface area (Å²) in [5, 5.41) is 2.93. The molecule has 2 aromatic rings. The predicted molar refractivity (Wildman–Crippen MR) is 176 cm³/mol. The average Bonchev–Trinajstić information content (AvgIpc) is 2.90. The molecule has 0 aromatic heterocycles. The van der Waals surface area contributed by atoms with Gasteiger partial charge in [0.1, 0.15) is 0 Å². The van der Waals surface area contributed by atoms with Crippen LogP contribution in [0.25, 0.3) is 0 Å². The Kier molecular flexibility index (Phi) is 8.31. The number of hydrogen-bond donors (Lipinski definition) is 1. The van der Waals surface area contributed by atoms with E-state index in [1.54, 1.807) is 7.11 Å². The lowest BCUT2D eigenvalue weighted by Gasteiger charge is -2.48. The number of hydrogen-bond acceptors (Lipinski definition) is 6. The Morgan fingerprint density at radius 1 is 0.977 bits per heavy atom. The quantitative estimate of drug-likeness (QED) is 0.321. The molecule has 228 valence electrons. The summed E-state index contributed by atoms with van der Waals surface area (Å²) in [5.74, 6) is 0.330. The van der Waals surface area contributed by atoms with E-state index in [4.69, 9.17) is 9.47 Å². The second-order valence-corrected chi connectivity index (χ2v) is 14.9. The molecule has 5 rings (SSSR count). The Morgan fingerprint density at radius 2 is 1.56 bits per heavy atom. The lowest BCUT2D eigenvalue weighted by Crippen LogP contribution is -2.43. The summed E-state index contributed by atoms with van der Waals surface area (Å²) in [5.41, 5.74) is 6.79. The number of nitrogens with one attached hydrogen (secondary N) is 1. The van der Waals surface area contributed by atoms with E-state index in [0.29, 0.717) is 35.5 Å². The van der Waals surface area contributed by atoms with Crippen molar-refractivity contribution >= 4 is 45.8 Å². The summed E-state index contributed by atoms with van der Waals surface area (Å²) < 4.78 is 12.5. The number of Topliss-reactive ketones (excluding diaryl/α,β-unsaturated/α-hetero) is 2. The van der Waals surface area contributed by atoms with Gasteiger partial charge in [-0.3, -0.25) is 14.4 Å². The van der Waals surface area contributed by atoms with Gasteiger partial charge in [0.05, 0.1) is 10.7 Å². The Labute approximate surface area is 268 Å². The summed E-state index contributed by atoms with van der Waals surface area (Å²) in [6, 6.07) is 9.61. The van der Waals surface area contributed by atoms with Gasteiger partial charge >= 0.3 is 0 Å². The highest BCUT2D eigenvalue weighted by Gasteiger charge is 2.48. The molecule has 0 unspecified atom stereocenters. The topological polar surface area (TPSA) is 84.9 Å². The van der Waals surface area contributed by atoms with E-state index in [0.717, 1.165) is 50.2 Å². The van der Waals surface area contributed by atoms with Crippen LogP contribution in [0.1, 0.15) is 76.0 Å². The van der Waals surface area contributed by atoms with Crippen molar-refractivity contribution < 1.29 is 23.9 Å². The van der Waals surface area contributed by atoms with Crippen LogP contribution in [-0.2, 0) is 14.4 Å². The highest BCUT2D eigenvalue weighted by atomic mass is 127. The Balaban J connectivity index is 1.53. The molecule has 7 nitrogen and oxygen atoms in total. The number of amides is 1. The second-order valence-electron chi connectivity index (χ2n) is 13.7. The molecule has 3 aliphatic rings. The maximum atomic E-state index is 13.8. The highest BCUT2D eigenvalue weighted by molar-refractivity contribution is 14.1. The van der Waals surface area contributed by atoms with Crippen LogP contribution in [0.4, 0.5) is 5.69 Å². The summed E-state index contributed by atoms with van der Waals surface area (Å²) in [6.07, 6.45) is 2.39. The Bertz CT molecular complexity index is 1550. The van der Waals surface area contributed by atoms with Gasteiger partial charge in [0.15, 0.2) is 29.7 Å². The van der Waals surface area contributed by atoms with Crippen molar-refractivity contribution in [3.05, 3.63) is 73.1 Å². The number of benzene rings is 2. The van der Waals surface area contributed by atoms with Crippen LogP contribution >= 0.6 is 22.6 Å². The minimum absolute atomic E-state index is 0.0877. The molecule has 0 saturated carbocycles. The van der Waals surface area contributed by atoms with Crippen LogP contribution in [0.2, 0.25) is 0 Å². The summed E-state index contributed by atoms with van der Waals surface area (Å²) in [4.78, 5) is 42.6. The monoisotopic (exact) mass is 696 g/mol. The number of aryl methyl sites for hydroxylation is 1. The molecule has 0 fully saturated rings. The van der Waals surface area contributed by atoms with Gasteiger partial charge in [-0.25, -0.2) is 0 Å². The third-order valence-electron chi connectivity index (χ3n) is 8.99. The molecule has 43 heavy (non-hydrogen) atoms. The molecule has 1 N–H and O–H groups in total. The zero-order valence-electron chi connectivity index (χ0n) is 26.4. The van der Waals surface area contributed by atoms with E-state index in [-0.39, 0.29) is 34.9 Å². The summed E-state index contributed by atoms with van der Waals surface area (Å²) >= 11 is 2.18. The van der Waals surface area contributed by atoms with Crippen molar-refractivity contribution in [2.45, 2.75) is 73.1 Å². The van der Waals surface area contributed by atoms with Crippen LogP contribution in [0.3, 0.4) is 0 Å². The lowest BCUT2D eigenvalue weighted by atomic mass is 9.64. The van der Waals surface area contributed by atoms with E-state index in [1.807, 2.05) is 51.2 Å². The number of halogens is 1. The number of allylic oxidation sites excluding steroid dienone is 4. The van der Waals surface area contributed by atoms with Gasteiger partial charge in [0.25, 0.3) is 5.91 Å². The fourth-order valence-electron chi connectivity index (χ4n) is 6.75. The van der Waals surface area contributed by atoms with Crippen LogP contribution in [-0.4, -0.2) is 43.1 Å². The summed E-state index contributed by atoms with van der Waals surface area (Å²) in [6.45, 7) is 12.3. The smallest absolute Gasteiger partial charge is 0.262 e. The maximum Gasteiger partial charge on any atom is 0.262 e. The molecule has 0 atom stereocenters. The van der Waals surface area contributed by atoms with Gasteiger partial charge in [-0.1, -0.05) is 39.8 Å². The first kappa shape index (κ1) is 31.3. The largest absolute Gasteiger partial charge is 0.493 e. The first-order valence-corrected chi connectivity index (χ1v) is 15.8. The number of ether oxygens (including phenoxy) is 2.